The minimum Gasteiger partial charge on any atom is -0.315 e. The number of hydrogen-bond acceptors (Lipinski definition) is 6. The maximum absolute atomic E-state index is 11.2. The van der Waals surface area contributed by atoms with Crippen molar-refractivity contribution in [3.05, 3.63) is 51.7 Å². The van der Waals surface area contributed by atoms with Gasteiger partial charge in [-0.2, -0.15) is 0 Å². The first kappa shape index (κ1) is 16.2. The lowest BCUT2D eigenvalue weighted by molar-refractivity contribution is -0.385. The Labute approximate surface area is 149 Å². The van der Waals surface area contributed by atoms with Crippen molar-refractivity contribution in [2.24, 2.45) is 0 Å². The monoisotopic (exact) mass is 357 g/mol. The third kappa shape index (κ3) is 3.28. The normalized spacial score (nSPS) is 16.2. The van der Waals surface area contributed by atoms with E-state index in [1.165, 1.54) is 6.07 Å². The van der Waals surface area contributed by atoms with Gasteiger partial charge in [-0.05, 0) is 37.0 Å². The Morgan fingerprint density at radius 1 is 1.28 bits per heavy atom. The molecule has 1 N–H and O–H groups in total. The Morgan fingerprint density at radius 2 is 2.20 bits per heavy atom. The van der Waals surface area contributed by atoms with Crippen LogP contribution in [0.15, 0.2) is 35.8 Å². The Hall–Kier alpha value is -2.29. The minimum atomic E-state index is -0.357. The molecule has 0 radical (unpaired) electrons. The van der Waals surface area contributed by atoms with Crippen molar-refractivity contribution in [2.45, 2.75) is 13.0 Å². The molecular weight excluding hydrogens is 338 g/mol. The first-order chi connectivity index (χ1) is 12.2. The summed E-state index contributed by atoms with van der Waals surface area (Å²) in [7, 11) is 0. The van der Waals surface area contributed by atoms with Crippen molar-refractivity contribution < 1.29 is 4.92 Å². The Kier molecular flexibility index (Phi) is 4.48. The average molecular weight is 357 g/mol. The lowest BCUT2D eigenvalue weighted by atomic mass is 10.2. The highest BCUT2D eigenvalue weighted by atomic mass is 32.1. The van der Waals surface area contributed by atoms with Gasteiger partial charge < -0.3 is 5.32 Å². The predicted molar refractivity (Wildman–Crippen MR) is 97.9 cm³/mol. The molecule has 0 amide bonds. The molecule has 0 bridgehead atoms. The zero-order chi connectivity index (χ0) is 17.2. The molecule has 0 unspecified atom stereocenters. The maximum atomic E-state index is 11.2. The van der Waals surface area contributed by atoms with Gasteiger partial charge in [0.05, 0.1) is 21.7 Å². The molecule has 0 aromatic carbocycles. The van der Waals surface area contributed by atoms with E-state index in [9.17, 15) is 10.1 Å². The highest BCUT2D eigenvalue weighted by Gasteiger charge is 2.20. The molecule has 1 fully saturated rings. The quantitative estimate of drug-likeness (QED) is 0.574. The minimum absolute atomic E-state index is 0.0846. The number of rotatable bonds is 4. The van der Waals surface area contributed by atoms with E-state index in [0.29, 0.717) is 0 Å². The zero-order valence-corrected chi connectivity index (χ0v) is 14.5. The summed E-state index contributed by atoms with van der Waals surface area (Å²) in [6.07, 6.45) is 2.69. The molecule has 1 saturated heterocycles. The molecule has 3 aromatic heterocycles. The van der Waals surface area contributed by atoms with E-state index in [2.05, 4.69) is 10.2 Å². The van der Waals surface area contributed by atoms with E-state index in [-0.39, 0.29) is 10.6 Å². The second-order valence-electron chi connectivity index (χ2n) is 6.14. The van der Waals surface area contributed by atoms with Gasteiger partial charge in [-0.3, -0.25) is 19.4 Å². The summed E-state index contributed by atoms with van der Waals surface area (Å²) in [4.78, 5) is 19.1. The molecule has 4 rings (SSSR count). The Bertz CT molecular complexity index is 882. The number of imidazole rings is 1. The Balaban J connectivity index is 1.80. The summed E-state index contributed by atoms with van der Waals surface area (Å²) in [5, 5.41) is 16.6. The van der Waals surface area contributed by atoms with Crippen LogP contribution in [0.1, 0.15) is 12.1 Å². The highest BCUT2D eigenvalue weighted by Crippen LogP contribution is 2.30. The standard InChI is InChI=1S/C17H19N5O2S/c23-22(24)13-4-5-16-19-17(15-3-1-10-25-15)14(21(16)11-13)12-20-8-2-6-18-7-9-20/h1,3-5,10-11,18H,2,6-9,12H2. The zero-order valence-electron chi connectivity index (χ0n) is 13.7. The van der Waals surface area contributed by atoms with Gasteiger partial charge in [-0.1, -0.05) is 6.07 Å². The van der Waals surface area contributed by atoms with E-state index >= 15 is 0 Å². The second-order valence-corrected chi connectivity index (χ2v) is 7.08. The molecule has 25 heavy (non-hydrogen) atoms. The summed E-state index contributed by atoms with van der Waals surface area (Å²) >= 11 is 1.64. The lowest BCUT2D eigenvalue weighted by Gasteiger charge is -2.19. The van der Waals surface area contributed by atoms with Gasteiger partial charge in [0, 0.05) is 25.7 Å². The number of hydrogen-bond donors (Lipinski definition) is 1. The molecule has 1 aliphatic rings. The van der Waals surface area contributed by atoms with Gasteiger partial charge in [0.15, 0.2) is 0 Å². The van der Waals surface area contributed by atoms with Crippen molar-refractivity contribution >= 4 is 22.7 Å². The molecular formula is C17H19N5O2S. The van der Waals surface area contributed by atoms with Crippen molar-refractivity contribution in [3.8, 4) is 10.6 Å². The highest BCUT2D eigenvalue weighted by molar-refractivity contribution is 7.13. The summed E-state index contributed by atoms with van der Waals surface area (Å²) < 4.78 is 1.88. The molecule has 3 aromatic rings. The first-order valence-corrected chi connectivity index (χ1v) is 9.22. The number of fused-ring (bicyclic) bond motifs is 1. The number of aromatic nitrogens is 2. The molecule has 0 spiro atoms. The van der Waals surface area contributed by atoms with Gasteiger partial charge >= 0.3 is 0 Å². The SMILES string of the molecule is O=[N+]([O-])c1ccc2nc(-c3cccs3)c(CN3CCCNCC3)n2c1. The van der Waals surface area contributed by atoms with Gasteiger partial charge in [0.2, 0.25) is 0 Å². The molecule has 0 saturated carbocycles. The number of nitrogens with one attached hydrogen (secondary N) is 1. The van der Waals surface area contributed by atoms with E-state index in [0.717, 1.165) is 61.1 Å². The molecule has 0 aliphatic carbocycles. The van der Waals surface area contributed by atoms with Crippen LogP contribution in [0.2, 0.25) is 0 Å². The van der Waals surface area contributed by atoms with Crippen LogP contribution in [-0.2, 0) is 6.54 Å². The van der Waals surface area contributed by atoms with Crippen LogP contribution in [0.4, 0.5) is 5.69 Å². The van der Waals surface area contributed by atoms with Crippen LogP contribution >= 0.6 is 11.3 Å². The average Bonchev–Trinajstić information content (AvgIpc) is 3.17. The number of thiophene rings is 1. The summed E-state index contributed by atoms with van der Waals surface area (Å²) in [5.74, 6) is 0. The third-order valence-corrected chi connectivity index (χ3v) is 5.35. The van der Waals surface area contributed by atoms with Crippen LogP contribution in [-0.4, -0.2) is 45.4 Å². The number of nitrogens with zero attached hydrogens (tertiary/aromatic N) is 4. The van der Waals surface area contributed by atoms with E-state index < -0.39 is 0 Å². The number of nitro groups is 1. The Morgan fingerprint density at radius 3 is 3.00 bits per heavy atom. The third-order valence-electron chi connectivity index (χ3n) is 4.47. The van der Waals surface area contributed by atoms with Crippen LogP contribution in [0.3, 0.4) is 0 Å². The molecule has 1 aliphatic heterocycles. The molecule has 0 atom stereocenters. The van der Waals surface area contributed by atoms with Gasteiger partial charge in [0.25, 0.3) is 5.69 Å². The van der Waals surface area contributed by atoms with Crippen LogP contribution in [0.25, 0.3) is 16.2 Å². The van der Waals surface area contributed by atoms with Crippen molar-refractivity contribution in [1.82, 2.24) is 19.6 Å². The van der Waals surface area contributed by atoms with Crippen LogP contribution in [0, 0.1) is 10.1 Å². The molecule has 7 nitrogen and oxygen atoms in total. The molecule has 4 heterocycles. The predicted octanol–water partition coefficient (Wildman–Crippen LogP) is 2.77. The lowest BCUT2D eigenvalue weighted by Crippen LogP contribution is -2.28. The fourth-order valence-corrected chi connectivity index (χ4v) is 3.96. The smallest absolute Gasteiger partial charge is 0.286 e. The molecule has 130 valence electrons. The summed E-state index contributed by atoms with van der Waals surface area (Å²) in [6.45, 7) is 4.71. The summed E-state index contributed by atoms with van der Waals surface area (Å²) in [6, 6.07) is 7.29. The van der Waals surface area contributed by atoms with Gasteiger partial charge in [-0.25, -0.2) is 4.98 Å². The van der Waals surface area contributed by atoms with Crippen LogP contribution in [0.5, 0.6) is 0 Å². The van der Waals surface area contributed by atoms with Gasteiger partial charge in [-0.15, -0.1) is 11.3 Å². The number of pyridine rings is 1. The topological polar surface area (TPSA) is 75.7 Å². The van der Waals surface area contributed by atoms with Crippen LogP contribution < -0.4 is 5.32 Å². The van der Waals surface area contributed by atoms with Crippen molar-refractivity contribution in [3.63, 3.8) is 0 Å². The van der Waals surface area contributed by atoms with E-state index in [1.807, 2.05) is 21.9 Å². The first-order valence-electron chi connectivity index (χ1n) is 8.35. The largest absolute Gasteiger partial charge is 0.315 e. The fourth-order valence-electron chi connectivity index (χ4n) is 3.22. The summed E-state index contributed by atoms with van der Waals surface area (Å²) in [5.41, 5.74) is 2.77. The fraction of sp³-hybridized carbons (Fsp3) is 0.353. The second kappa shape index (κ2) is 6.91. The van der Waals surface area contributed by atoms with E-state index in [1.54, 1.807) is 23.6 Å². The van der Waals surface area contributed by atoms with Gasteiger partial charge in [0.1, 0.15) is 11.3 Å². The van der Waals surface area contributed by atoms with E-state index in [4.69, 9.17) is 4.98 Å². The van der Waals surface area contributed by atoms with Crippen molar-refractivity contribution in [1.29, 1.82) is 0 Å². The maximum Gasteiger partial charge on any atom is 0.286 e. The molecule has 8 heteroatoms. The van der Waals surface area contributed by atoms with Crippen molar-refractivity contribution in [2.75, 3.05) is 26.2 Å².